The Labute approximate surface area is 176 Å². The number of rotatable bonds is 4. The highest BCUT2D eigenvalue weighted by Crippen LogP contribution is 2.35. The summed E-state index contributed by atoms with van der Waals surface area (Å²) in [6.07, 6.45) is 3.36. The number of benzene rings is 2. The van der Waals surface area contributed by atoms with Crippen molar-refractivity contribution in [3.63, 3.8) is 0 Å². The molecule has 1 aliphatic heterocycles. The second kappa shape index (κ2) is 10.1. The monoisotopic (exact) mass is 426 g/mol. The van der Waals surface area contributed by atoms with Crippen molar-refractivity contribution >= 4 is 32.5 Å². The summed E-state index contributed by atoms with van der Waals surface area (Å²) in [4.78, 5) is 0.736. The largest absolute Gasteiger partial charge is 0.358 e. The van der Waals surface area contributed by atoms with Gasteiger partial charge in [-0.2, -0.15) is 13.7 Å². The molecule has 2 aromatic rings. The Balaban J connectivity index is 0.00000145. The van der Waals surface area contributed by atoms with Gasteiger partial charge in [-0.1, -0.05) is 72.7 Å². The van der Waals surface area contributed by atoms with Gasteiger partial charge in [-0.3, -0.25) is 4.28 Å². The molecule has 1 aliphatic rings. The van der Waals surface area contributed by atoms with E-state index < -0.39 is 10.1 Å². The standard InChI is InChI=1S/C20H16N2O3S2.C2H6/c1-14-7-9-16(10-8-14)27(23,24)25-22-20-12-11-19(26-20)18(13-21)17-6-4-3-5-15(17)2;1-2/h3-12H,1-2H3;1-2H3/b19-18+,22-20?;. The maximum atomic E-state index is 12.2. The molecule has 0 unspecified atom stereocenters. The average Bonchev–Trinajstić information content (AvgIpc) is 3.19. The fourth-order valence-electron chi connectivity index (χ4n) is 2.45. The summed E-state index contributed by atoms with van der Waals surface area (Å²) >= 11 is 1.19. The summed E-state index contributed by atoms with van der Waals surface area (Å²) in [5.74, 6) is 0. The molecule has 0 N–H and O–H groups in total. The van der Waals surface area contributed by atoms with Gasteiger partial charge in [0, 0.05) is 4.91 Å². The zero-order valence-electron chi connectivity index (χ0n) is 16.7. The third-order valence-corrected chi connectivity index (χ3v) is 6.00. The van der Waals surface area contributed by atoms with Gasteiger partial charge in [0.2, 0.25) is 0 Å². The van der Waals surface area contributed by atoms with Crippen LogP contribution in [0, 0.1) is 25.2 Å². The van der Waals surface area contributed by atoms with E-state index in [2.05, 4.69) is 11.2 Å². The molecule has 150 valence electrons. The molecule has 0 saturated carbocycles. The van der Waals surface area contributed by atoms with Crippen LogP contribution in [0.15, 0.2) is 75.6 Å². The van der Waals surface area contributed by atoms with Gasteiger partial charge < -0.3 is 0 Å². The van der Waals surface area contributed by atoms with E-state index in [1.54, 1.807) is 24.3 Å². The molecule has 29 heavy (non-hydrogen) atoms. The van der Waals surface area contributed by atoms with Crippen LogP contribution >= 0.6 is 11.8 Å². The Bertz CT molecular complexity index is 1110. The number of hydrogen-bond acceptors (Lipinski definition) is 6. The van der Waals surface area contributed by atoms with Gasteiger partial charge in [-0.15, -0.1) is 0 Å². The molecule has 0 bridgehead atoms. The number of nitriles is 1. The molecule has 1 heterocycles. The molecular formula is C22H22N2O3S2. The van der Waals surface area contributed by atoms with Crippen LogP contribution < -0.4 is 0 Å². The Morgan fingerprint density at radius 2 is 1.69 bits per heavy atom. The third-order valence-electron chi connectivity index (χ3n) is 3.90. The predicted molar refractivity (Wildman–Crippen MR) is 119 cm³/mol. The highest BCUT2D eigenvalue weighted by atomic mass is 32.2. The number of nitrogens with zero attached hydrogens (tertiary/aromatic N) is 2. The van der Waals surface area contributed by atoms with Gasteiger partial charge in [0.15, 0.2) is 0 Å². The Morgan fingerprint density at radius 1 is 1.03 bits per heavy atom. The zero-order valence-corrected chi connectivity index (χ0v) is 18.3. The van der Waals surface area contributed by atoms with Crippen LogP contribution in [0.25, 0.3) is 5.57 Å². The van der Waals surface area contributed by atoms with Gasteiger partial charge >= 0.3 is 10.1 Å². The van der Waals surface area contributed by atoms with E-state index in [4.69, 9.17) is 4.28 Å². The van der Waals surface area contributed by atoms with E-state index in [9.17, 15) is 13.7 Å². The van der Waals surface area contributed by atoms with Crippen LogP contribution in [0.1, 0.15) is 30.5 Å². The first-order valence-electron chi connectivity index (χ1n) is 9.05. The van der Waals surface area contributed by atoms with Crippen molar-refractivity contribution in [2.45, 2.75) is 32.6 Å². The molecule has 7 heteroatoms. The normalized spacial score (nSPS) is 16.0. The molecule has 0 saturated heterocycles. The quantitative estimate of drug-likeness (QED) is 0.470. The van der Waals surface area contributed by atoms with Crippen molar-refractivity contribution in [2.24, 2.45) is 5.16 Å². The molecule has 0 fully saturated rings. The number of thioether (sulfide) groups is 1. The van der Waals surface area contributed by atoms with Crippen LogP contribution in [0.5, 0.6) is 0 Å². The zero-order chi connectivity index (χ0) is 21.4. The Kier molecular flexibility index (Phi) is 7.82. The summed E-state index contributed by atoms with van der Waals surface area (Å²) in [6.45, 7) is 7.80. The fourth-order valence-corrected chi connectivity index (χ4v) is 4.06. The fraction of sp³-hybridized carbons (Fsp3) is 0.182. The summed E-state index contributed by atoms with van der Waals surface area (Å²) in [5, 5.41) is 13.7. The SMILES string of the molecule is CC.Cc1ccc(S(=O)(=O)ON=C2C=C/C(=C(/C#N)c3ccccc3C)S2)cc1. The molecule has 3 rings (SSSR count). The number of aryl methyl sites for hydroxylation is 2. The first-order valence-corrected chi connectivity index (χ1v) is 11.3. The second-order valence-electron chi connectivity index (χ2n) is 5.87. The number of allylic oxidation sites excluding steroid dienone is 2. The smallest absolute Gasteiger partial charge is 0.264 e. The van der Waals surface area contributed by atoms with E-state index in [1.165, 1.54) is 23.9 Å². The molecule has 2 aromatic carbocycles. The molecule has 0 aliphatic carbocycles. The summed E-state index contributed by atoms with van der Waals surface area (Å²) in [6, 6.07) is 16.1. The molecule has 5 nitrogen and oxygen atoms in total. The van der Waals surface area contributed by atoms with Crippen LogP contribution in [0.4, 0.5) is 0 Å². The highest BCUT2D eigenvalue weighted by molar-refractivity contribution is 8.18. The van der Waals surface area contributed by atoms with Crippen molar-refractivity contribution in [3.05, 3.63) is 82.3 Å². The highest BCUT2D eigenvalue weighted by Gasteiger charge is 2.19. The van der Waals surface area contributed by atoms with Crippen molar-refractivity contribution in [1.82, 2.24) is 0 Å². The molecule has 0 aromatic heterocycles. The van der Waals surface area contributed by atoms with Gasteiger partial charge in [0.25, 0.3) is 0 Å². The molecule has 0 amide bonds. The van der Waals surface area contributed by atoms with Gasteiger partial charge in [-0.25, -0.2) is 0 Å². The van der Waals surface area contributed by atoms with Crippen molar-refractivity contribution in [1.29, 1.82) is 5.26 Å². The Morgan fingerprint density at radius 3 is 2.31 bits per heavy atom. The van der Waals surface area contributed by atoms with E-state index in [0.717, 1.165) is 16.7 Å². The minimum atomic E-state index is -3.98. The number of oxime groups is 1. The second-order valence-corrected chi connectivity index (χ2v) is 8.46. The lowest BCUT2D eigenvalue weighted by molar-refractivity contribution is 0.340. The maximum Gasteiger partial charge on any atom is 0.358 e. The van der Waals surface area contributed by atoms with Gasteiger partial charge in [-0.05, 0) is 49.3 Å². The van der Waals surface area contributed by atoms with Gasteiger partial charge in [0.05, 0.1) is 5.57 Å². The van der Waals surface area contributed by atoms with Crippen LogP contribution in [-0.4, -0.2) is 13.5 Å². The maximum absolute atomic E-state index is 12.2. The lowest BCUT2D eigenvalue weighted by Crippen LogP contribution is -2.03. The van der Waals surface area contributed by atoms with Crippen LogP contribution in [0.2, 0.25) is 0 Å². The van der Waals surface area contributed by atoms with Crippen molar-refractivity contribution in [2.75, 3.05) is 0 Å². The van der Waals surface area contributed by atoms with E-state index in [1.807, 2.05) is 52.0 Å². The summed E-state index contributed by atoms with van der Waals surface area (Å²) in [5.41, 5.74) is 3.28. The topological polar surface area (TPSA) is 79.5 Å². The molecule has 0 atom stereocenters. The molecule has 0 radical (unpaired) electrons. The van der Waals surface area contributed by atoms with E-state index in [0.29, 0.717) is 15.5 Å². The minimum absolute atomic E-state index is 0.0396. The predicted octanol–water partition coefficient (Wildman–Crippen LogP) is 5.59. The minimum Gasteiger partial charge on any atom is -0.264 e. The van der Waals surface area contributed by atoms with Crippen molar-refractivity contribution < 1.29 is 12.7 Å². The van der Waals surface area contributed by atoms with Crippen molar-refractivity contribution in [3.8, 4) is 6.07 Å². The number of hydrogen-bond donors (Lipinski definition) is 0. The van der Waals surface area contributed by atoms with E-state index >= 15 is 0 Å². The molecule has 0 spiro atoms. The van der Waals surface area contributed by atoms with Crippen LogP contribution in [0.3, 0.4) is 0 Å². The molecular weight excluding hydrogens is 404 g/mol. The first-order chi connectivity index (χ1) is 13.9. The lowest BCUT2D eigenvalue weighted by Gasteiger charge is -2.06. The Hall–Kier alpha value is -2.82. The summed E-state index contributed by atoms with van der Waals surface area (Å²) in [7, 11) is -3.98. The van der Waals surface area contributed by atoms with Crippen LogP contribution in [-0.2, 0) is 14.4 Å². The average molecular weight is 427 g/mol. The third kappa shape index (κ3) is 5.59. The lowest BCUT2D eigenvalue weighted by atomic mass is 10.0. The van der Waals surface area contributed by atoms with E-state index in [-0.39, 0.29) is 4.90 Å². The summed E-state index contributed by atoms with van der Waals surface area (Å²) < 4.78 is 29.2. The van der Waals surface area contributed by atoms with Gasteiger partial charge in [0.1, 0.15) is 16.0 Å². The first kappa shape index (κ1) is 22.5.